The average Bonchev–Trinajstić information content (AvgIpc) is 3.01. The largest absolute Gasteiger partial charge is 0.397 e. The second-order valence-electron chi connectivity index (χ2n) is 7.21. The fourth-order valence-corrected chi connectivity index (χ4v) is 3.84. The van der Waals surface area contributed by atoms with Crippen LogP contribution in [0.1, 0.15) is 30.0 Å². The lowest BCUT2D eigenvalue weighted by Crippen LogP contribution is -2.31. The summed E-state index contributed by atoms with van der Waals surface area (Å²) in [5, 5.41) is 9.16. The second-order valence-corrected chi connectivity index (χ2v) is 7.21. The Labute approximate surface area is 170 Å². The van der Waals surface area contributed by atoms with Gasteiger partial charge in [0.05, 0.1) is 24.0 Å². The monoisotopic (exact) mass is 414 g/mol. The molecule has 8 nitrogen and oxygen atoms in total. The topological polar surface area (TPSA) is 112 Å². The summed E-state index contributed by atoms with van der Waals surface area (Å²) >= 11 is 0. The first-order valence-electron chi connectivity index (χ1n) is 9.55. The molecule has 4 rings (SSSR count). The van der Waals surface area contributed by atoms with Gasteiger partial charge in [-0.25, -0.2) is 23.5 Å². The van der Waals surface area contributed by atoms with Crippen LogP contribution in [-0.2, 0) is 11.3 Å². The Morgan fingerprint density at radius 2 is 2.10 bits per heavy atom. The van der Waals surface area contributed by atoms with Gasteiger partial charge in [0.1, 0.15) is 11.6 Å². The van der Waals surface area contributed by atoms with Crippen molar-refractivity contribution in [1.82, 2.24) is 19.1 Å². The van der Waals surface area contributed by atoms with Crippen molar-refractivity contribution >= 4 is 16.9 Å². The summed E-state index contributed by atoms with van der Waals surface area (Å²) in [6, 6.07) is 5.11. The van der Waals surface area contributed by atoms with Crippen LogP contribution in [0, 0.1) is 18.3 Å². The van der Waals surface area contributed by atoms with Gasteiger partial charge >= 0.3 is 5.69 Å². The molecule has 1 aromatic carbocycles. The van der Waals surface area contributed by atoms with E-state index in [1.807, 2.05) is 6.07 Å². The number of aromatic nitrogens is 4. The van der Waals surface area contributed by atoms with Crippen molar-refractivity contribution in [2.45, 2.75) is 38.8 Å². The van der Waals surface area contributed by atoms with E-state index in [1.54, 1.807) is 19.1 Å². The van der Waals surface area contributed by atoms with Gasteiger partial charge in [0.25, 0.3) is 6.43 Å². The standard InChI is InChI=1S/C20H20F2N6O2/c1-11-14(3-2-12(8-23)17(11)24)18-25-9-15-19(26-18)28(13-4-6-30-7-5-13)20(29)27(15)10-16(21)22/h2-3,9,13,16H,4-7,10,24H2,1H3. The molecule has 2 aromatic heterocycles. The number of halogens is 2. The first kappa shape index (κ1) is 20.0. The molecular formula is C20H20F2N6O2. The van der Waals surface area contributed by atoms with E-state index in [1.165, 1.54) is 10.8 Å². The summed E-state index contributed by atoms with van der Waals surface area (Å²) in [5.74, 6) is 0.311. The summed E-state index contributed by atoms with van der Waals surface area (Å²) in [6.45, 7) is 2.01. The number of rotatable bonds is 4. The molecule has 0 atom stereocenters. The first-order valence-corrected chi connectivity index (χ1v) is 9.55. The maximum absolute atomic E-state index is 13.1. The molecule has 10 heteroatoms. The van der Waals surface area contributed by atoms with Gasteiger partial charge < -0.3 is 10.5 Å². The molecule has 0 radical (unpaired) electrons. The molecule has 0 aliphatic carbocycles. The number of imidazole rings is 1. The number of nitrogen functional groups attached to an aromatic ring is 1. The maximum Gasteiger partial charge on any atom is 0.330 e. The van der Waals surface area contributed by atoms with Gasteiger partial charge in [-0.1, -0.05) is 0 Å². The van der Waals surface area contributed by atoms with Crippen LogP contribution in [0.25, 0.3) is 22.6 Å². The smallest absolute Gasteiger partial charge is 0.330 e. The van der Waals surface area contributed by atoms with Gasteiger partial charge in [-0.3, -0.25) is 9.13 Å². The molecule has 30 heavy (non-hydrogen) atoms. The zero-order valence-electron chi connectivity index (χ0n) is 16.3. The van der Waals surface area contributed by atoms with Crippen molar-refractivity contribution in [3.63, 3.8) is 0 Å². The molecular weight excluding hydrogens is 394 g/mol. The Morgan fingerprint density at radius 1 is 1.37 bits per heavy atom. The van der Waals surface area contributed by atoms with Crippen LogP contribution >= 0.6 is 0 Å². The van der Waals surface area contributed by atoms with Gasteiger partial charge in [-0.05, 0) is 37.5 Å². The minimum absolute atomic E-state index is 0.192. The highest BCUT2D eigenvalue weighted by Gasteiger charge is 2.26. The van der Waals surface area contributed by atoms with Crippen molar-refractivity contribution in [2.75, 3.05) is 18.9 Å². The molecule has 1 aliphatic heterocycles. The number of nitriles is 1. The van der Waals surface area contributed by atoms with Gasteiger partial charge in [-0.15, -0.1) is 0 Å². The van der Waals surface area contributed by atoms with E-state index < -0.39 is 18.7 Å². The number of ether oxygens (including phenoxy) is 1. The highest BCUT2D eigenvalue weighted by Crippen LogP contribution is 2.29. The second kappa shape index (κ2) is 7.84. The lowest BCUT2D eigenvalue weighted by Gasteiger charge is -2.23. The van der Waals surface area contributed by atoms with Crippen molar-refractivity contribution in [2.24, 2.45) is 0 Å². The number of hydrogen-bond donors (Lipinski definition) is 1. The molecule has 156 valence electrons. The first-order chi connectivity index (χ1) is 14.4. The molecule has 0 bridgehead atoms. The maximum atomic E-state index is 13.1. The molecule has 0 saturated carbocycles. The summed E-state index contributed by atoms with van der Waals surface area (Å²) in [4.78, 5) is 21.9. The Kier molecular flexibility index (Phi) is 5.22. The molecule has 2 N–H and O–H groups in total. The molecule has 3 heterocycles. The molecule has 0 amide bonds. The Balaban J connectivity index is 1.93. The van der Waals surface area contributed by atoms with E-state index in [9.17, 15) is 13.6 Å². The minimum Gasteiger partial charge on any atom is -0.397 e. The molecule has 1 saturated heterocycles. The molecule has 1 fully saturated rings. The van der Waals surface area contributed by atoms with Gasteiger partial charge in [0, 0.05) is 24.8 Å². The third-order valence-electron chi connectivity index (χ3n) is 5.46. The summed E-state index contributed by atoms with van der Waals surface area (Å²) in [6.07, 6.45) is -0.103. The quantitative estimate of drug-likeness (QED) is 0.657. The number of hydrogen-bond acceptors (Lipinski definition) is 6. The average molecular weight is 414 g/mol. The predicted octanol–water partition coefficient (Wildman–Crippen LogP) is 2.64. The highest BCUT2D eigenvalue weighted by atomic mass is 19.3. The zero-order chi connectivity index (χ0) is 21.4. The van der Waals surface area contributed by atoms with Crippen LogP contribution in [0.4, 0.5) is 14.5 Å². The van der Waals surface area contributed by atoms with Gasteiger partial charge in [-0.2, -0.15) is 5.26 Å². The normalized spacial score (nSPS) is 15.0. The number of fused-ring (bicyclic) bond motifs is 1. The fourth-order valence-electron chi connectivity index (χ4n) is 3.84. The SMILES string of the molecule is Cc1c(-c2ncc3c(n2)n(C2CCOCC2)c(=O)n3CC(F)F)ccc(C#N)c1N. The van der Waals surface area contributed by atoms with Gasteiger partial charge in [0.15, 0.2) is 11.5 Å². The number of alkyl halides is 2. The molecule has 0 spiro atoms. The Hall–Kier alpha value is -3.32. The number of benzene rings is 1. The van der Waals surface area contributed by atoms with Gasteiger partial charge in [0.2, 0.25) is 0 Å². The van der Waals surface area contributed by atoms with Crippen LogP contribution in [0.2, 0.25) is 0 Å². The van der Waals surface area contributed by atoms with E-state index in [0.717, 1.165) is 4.57 Å². The summed E-state index contributed by atoms with van der Waals surface area (Å²) < 4.78 is 34.1. The third kappa shape index (κ3) is 3.31. The van der Waals surface area contributed by atoms with Crippen molar-refractivity contribution in [1.29, 1.82) is 5.26 Å². The molecule has 0 unspecified atom stereocenters. The number of nitrogens with zero attached hydrogens (tertiary/aromatic N) is 5. The van der Waals surface area contributed by atoms with Crippen LogP contribution in [-0.4, -0.2) is 38.7 Å². The van der Waals surface area contributed by atoms with Crippen LogP contribution in [0.15, 0.2) is 23.1 Å². The van der Waals surface area contributed by atoms with Crippen LogP contribution in [0.3, 0.4) is 0 Å². The van der Waals surface area contributed by atoms with Crippen LogP contribution in [0.5, 0.6) is 0 Å². The van der Waals surface area contributed by atoms with Crippen molar-refractivity contribution in [3.05, 3.63) is 39.9 Å². The number of anilines is 1. The summed E-state index contributed by atoms with van der Waals surface area (Å²) in [7, 11) is 0. The third-order valence-corrected chi connectivity index (χ3v) is 5.46. The number of nitrogens with two attached hydrogens (primary N) is 1. The minimum atomic E-state index is -2.68. The van der Waals surface area contributed by atoms with E-state index in [-0.39, 0.29) is 11.6 Å². The zero-order valence-corrected chi connectivity index (χ0v) is 16.3. The van der Waals surface area contributed by atoms with Crippen molar-refractivity contribution < 1.29 is 13.5 Å². The molecule has 3 aromatic rings. The molecule has 1 aliphatic rings. The van der Waals surface area contributed by atoms with E-state index >= 15 is 0 Å². The Bertz CT molecular complexity index is 1200. The van der Waals surface area contributed by atoms with E-state index in [4.69, 9.17) is 15.7 Å². The Morgan fingerprint density at radius 3 is 2.77 bits per heavy atom. The van der Waals surface area contributed by atoms with E-state index in [0.29, 0.717) is 59.9 Å². The highest BCUT2D eigenvalue weighted by molar-refractivity contribution is 5.77. The van der Waals surface area contributed by atoms with Crippen LogP contribution < -0.4 is 11.4 Å². The fraction of sp³-hybridized carbons (Fsp3) is 0.400. The lowest BCUT2D eigenvalue weighted by molar-refractivity contribution is 0.0690. The van der Waals surface area contributed by atoms with Crippen molar-refractivity contribution in [3.8, 4) is 17.5 Å². The predicted molar refractivity (Wildman–Crippen MR) is 106 cm³/mol. The summed E-state index contributed by atoms with van der Waals surface area (Å²) in [5.41, 5.74) is 8.00. The van der Waals surface area contributed by atoms with E-state index in [2.05, 4.69) is 9.97 Å². The lowest BCUT2D eigenvalue weighted by atomic mass is 10.0.